The summed E-state index contributed by atoms with van der Waals surface area (Å²) in [6.07, 6.45) is 10.6. The molecule has 130 valence electrons. The van der Waals surface area contributed by atoms with Crippen molar-refractivity contribution in [2.24, 2.45) is 11.8 Å². The molecule has 0 radical (unpaired) electrons. The summed E-state index contributed by atoms with van der Waals surface area (Å²) in [7, 11) is 0. The molecule has 1 aliphatic carbocycles. The van der Waals surface area contributed by atoms with Crippen LogP contribution in [0.15, 0.2) is 46.3 Å². The van der Waals surface area contributed by atoms with Crippen molar-refractivity contribution >= 4 is 17.7 Å². The zero-order chi connectivity index (χ0) is 17.1. The SMILES string of the molecule is O=C(CCSc1nnc(-c2ccncc2)o1)N1C[C@H]2CC=CC[C@H]2C1. The topological polar surface area (TPSA) is 72.1 Å². The summed E-state index contributed by atoms with van der Waals surface area (Å²) in [6.45, 7) is 1.82. The van der Waals surface area contributed by atoms with Gasteiger partial charge in [-0.2, -0.15) is 0 Å². The summed E-state index contributed by atoms with van der Waals surface area (Å²) in [4.78, 5) is 18.4. The Bertz CT molecular complexity index is 745. The van der Waals surface area contributed by atoms with Crippen LogP contribution in [0.3, 0.4) is 0 Å². The molecule has 2 aromatic heterocycles. The molecule has 0 spiro atoms. The van der Waals surface area contributed by atoms with E-state index in [1.54, 1.807) is 12.4 Å². The van der Waals surface area contributed by atoms with Crippen molar-refractivity contribution in [3.8, 4) is 11.5 Å². The zero-order valence-corrected chi connectivity index (χ0v) is 14.7. The average molecular weight is 356 g/mol. The van der Waals surface area contributed by atoms with Crippen LogP contribution in [-0.2, 0) is 4.79 Å². The number of rotatable bonds is 5. The first-order valence-electron chi connectivity index (χ1n) is 8.59. The molecule has 7 heteroatoms. The Kier molecular flexibility index (Phi) is 4.83. The first-order valence-corrected chi connectivity index (χ1v) is 9.57. The second-order valence-corrected chi connectivity index (χ2v) is 7.52. The molecule has 2 aromatic rings. The van der Waals surface area contributed by atoms with Gasteiger partial charge in [0.15, 0.2) is 0 Å². The van der Waals surface area contributed by atoms with Crippen LogP contribution >= 0.6 is 11.8 Å². The number of amides is 1. The van der Waals surface area contributed by atoms with Gasteiger partial charge in [0, 0.05) is 43.2 Å². The van der Waals surface area contributed by atoms with Crippen molar-refractivity contribution in [3.63, 3.8) is 0 Å². The Labute approximate surface area is 150 Å². The summed E-state index contributed by atoms with van der Waals surface area (Å²) in [5.74, 6) is 2.67. The maximum Gasteiger partial charge on any atom is 0.276 e. The van der Waals surface area contributed by atoms with Crippen LogP contribution in [0.4, 0.5) is 0 Å². The van der Waals surface area contributed by atoms with Crippen LogP contribution in [-0.4, -0.2) is 44.8 Å². The molecule has 1 aliphatic heterocycles. The van der Waals surface area contributed by atoms with E-state index in [4.69, 9.17) is 4.42 Å². The summed E-state index contributed by atoms with van der Waals surface area (Å²) in [6, 6.07) is 3.65. The molecule has 3 heterocycles. The molecule has 2 atom stereocenters. The Balaban J connectivity index is 1.26. The quantitative estimate of drug-likeness (QED) is 0.606. The molecular weight excluding hydrogens is 336 g/mol. The molecule has 0 bridgehead atoms. The zero-order valence-electron chi connectivity index (χ0n) is 13.9. The van der Waals surface area contributed by atoms with Crippen molar-refractivity contribution in [3.05, 3.63) is 36.7 Å². The lowest BCUT2D eigenvalue weighted by molar-refractivity contribution is -0.129. The maximum absolute atomic E-state index is 12.4. The number of thioether (sulfide) groups is 1. The van der Waals surface area contributed by atoms with Crippen molar-refractivity contribution in [1.29, 1.82) is 0 Å². The third kappa shape index (κ3) is 3.76. The lowest BCUT2D eigenvalue weighted by Gasteiger charge is -2.17. The molecular formula is C18H20N4O2S. The van der Waals surface area contributed by atoms with E-state index in [1.807, 2.05) is 17.0 Å². The number of aromatic nitrogens is 3. The lowest BCUT2D eigenvalue weighted by Crippen LogP contribution is -2.29. The van der Waals surface area contributed by atoms with Crippen LogP contribution in [0.1, 0.15) is 19.3 Å². The molecule has 25 heavy (non-hydrogen) atoms. The van der Waals surface area contributed by atoms with Crippen LogP contribution < -0.4 is 0 Å². The standard InChI is InChI=1S/C18H20N4O2S/c23-16(22-11-14-3-1-2-4-15(14)12-22)7-10-25-18-21-20-17(24-18)13-5-8-19-9-6-13/h1-2,5-6,8-9,14-15H,3-4,7,10-12H2/t14-,15+. The van der Waals surface area contributed by atoms with Crippen LogP contribution in [0.25, 0.3) is 11.5 Å². The molecule has 1 fully saturated rings. The number of carbonyl (C=O) groups excluding carboxylic acids is 1. The number of hydrogen-bond acceptors (Lipinski definition) is 6. The minimum Gasteiger partial charge on any atom is -0.411 e. The summed E-state index contributed by atoms with van der Waals surface area (Å²) < 4.78 is 5.63. The lowest BCUT2D eigenvalue weighted by atomic mass is 9.86. The molecule has 0 aromatic carbocycles. The van der Waals surface area contributed by atoms with Crippen LogP contribution in [0.5, 0.6) is 0 Å². The maximum atomic E-state index is 12.4. The highest BCUT2D eigenvalue weighted by Crippen LogP contribution is 2.33. The van der Waals surface area contributed by atoms with Crippen molar-refractivity contribution < 1.29 is 9.21 Å². The fourth-order valence-electron chi connectivity index (χ4n) is 3.48. The number of fused-ring (bicyclic) bond motifs is 1. The van der Waals surface area contributed by atoms with E-state index in [0.29, 0.717) is 35.1 Å². The number of allylic oxidation sites excluding steroid dienone is 2. The van der Waals surface area contributed by atoms with Gasteiger partial charge in [-0.05, 0) is 36.8 Å². The summed E-state index contributed by atoms with van der Waals surface area (Å²) >= 11 is 1.43. The van der Waals surface area contributed by atoms with E-state index in [1.165, 1.54) is 11.8 Å². The number of likely N-dealkylation sites (tertiary alicyclic amines) is 1. The van der Waals surface area contributed by atoms with Gasteiger partial charge in [-0.25, -0.2) is 0 Å². The second kappa shape index (κ2) is 7.39. The predicted octanol–water partition coefficient (Wildman–Crippen LogP) is 3.04. The molecule has 2 aliphatic rings. The van der Waals surface area contributed by atoms with Crippen molar-refractivity contribution in [1.82, 2.24) is 20.1 Å². The number of nitrogens with zero attached hydrogens (tertiary/aromatic N) is 4. The summed E-state index contributed by atoms with van der Waals surface area (Å²) in [5, 5.41) is 8.58. The van der Waals surface area contributed by atoms with E-state index in [-0.39, 0.29) is 5.91 Å². The number of hydrogen-bond donors (Lipinski definition) is 0. The fourth-order valence-corrected chi connectivity index (χ4v) is 4.17. The largest absolute Gasteiger partial charge is 0.411 e. The Hall–Kier alpha value is -2.15. The van der Waals surface area contributed by atoms with Gasteiger partial charge in [0.2, 0.25) is 11.8 Å². The highest BCUT2D eigenvalue weighted by atomic mass is 32.2. The van der Waals surface area contributed by atoms with E-state index in [2.05, 4.69) is 27.3 Å². The monoisotopic (exact) mass is 356 g/mol. The van der Waals surface area contributed by atoms with Gasteiger partial charge in [0.25, 0.3) is 5.22 Å². The van der Waals surface area contributed by atoms with E-state index in [9.17, 15) is 4.79 Å². The minimum atomic E-state index is 0.232. The van der Waals surface area contributed by atoms with E-state index >= 15 is 0 Å². The Morgan fingerprint density at radius 3 is 2.60 bits per heavy atom. The first kappa shape index (κ1) is 16.3. The van der Waals surface area contributed by atoms with E-state index in [0.717, 1.165) is 31.5 Å². The van der Waals surface area contributed by atoms with Crippen LogP contribution in [0, 0.1) is 11.8 Å². The Morgan fingerprint density at radius 1 is 1.16 bits per heavy atom. The summed E-state index contributed by atoms with van der Waals surface area (Å²) in [5.41, 5.74) is 0.846. The first-order chi connectivity index (χ1) is 12.3. The smallest absolute Gasteiger partial charge is 0.276 e. The third-order valence-electron chi connectivity index (χ3n) is 4.85. The average Bonchev–Trinajstić information content (AvgIpc) is 3.29. The number of carbonyl (C=O) groups is 1. The molecule has 1 amide bonds. The van der Waals surface area contributed by atoms with Gasteiger partial charge >= 0.3 is 0 Å². The molecule has 0 N–H and O–H groups in total. The normalized spacial score (nSPS) is 22.2. The Morgan fingerprint density at radius 2 is 1.88 bits per heavy atom. The highest BCUT2D eigenvalue weighted by molar-refractivity contribution is 7.99. The van der Waals surface area contributed by atoms with Crippen molar-refractivity contribution in [2.75, 3.05) is 18.8 Å². The predicted molar refractivity (Wildman–Crippen MR) is 94.8 cm³/mol. The van der Waals surface area contributed by atoms with Gasteiger partial charge in [0.05, 0.1) is 0 Å². The minimum absolute atomic E-state index is 0.232. The third-order valence-corrected chi connectivity index (χ3v) is 5.67. The van der Waals surface area contributed by atoms with Gasteiger partial charge in [0.1, 0.15) is 0 Å². The fraction of sp³-hybridized carbons (Fsp3) is 0.444. The van der Waals surface area contributed by atoms with Gasteiger partial charge < -0.3 is 9.32 Å². The molecule has 1 saturated heterocycles. The molecule has 4 rings (SSSR count). The van der Waals surface area contributed by atoms with Gasteiger partial charge in [-0.15, -0.1) is 10.2 Å². The molecule has 0 saturated carbocycles. The van der Waals surface area contributed by atoms with Crippen molar-refractivity contribution in [2.45, 2.75) is 24.5 Å². The van der Waals surface area contributed by atoms with E-state index < -0.39 is 0 Å². The molecule has 0 unspecified atom stereocenters. The van der Waals surface area contributed by atoms with Crippen LogP contribution in [0.2, 0.25) is 0 Å². The second-order valence-electron chi connectivity index (χ2n) is 6.47. The number of pyridine rings is 1. The molecule has 6 nitrogen and oxygen atoms in total. The highest BCUT2D eigenvalue weighted by Gasteiger charge is 2.34. The van der Waals surface area contributed by atoms with Gasteiger partial charge in [-0.3, -0.25) is 9.78 Å². The van der Waals surface area contributed by atoms with Gasteiger partial charge in [-0.1, -0.05) is 23.9 Å².